The van der Waals surface area contributed by atoms with Crippen molar-refractivity contribution >= 4 is 10.0 Å². The van der Waals surface area contributed by atoms with E-state index < -0.39 is 10.0 Å². The lowest BCUT2D eigenvalue weighted by atomic mass is 10.4. The summed E-state index contributed by atoms with van der Waals surface area (Å²) >= 11 is 0. The lowest BCUT2D eigenvalue weighted by Crippen LogP contribution is -2.22. The van der Waals surface area contributed by atoms with Crippen molar-refractivity contribution in [2.45, 2.75) is 31.5 Å². The minimum Gasteiger partial charge on any atom is -0.349 e. The van der Waals surface area contributed by atoms with Crippen LogP contribution in [0.15, 0.2) is 29.6 Å². The van der Waals surface area contributed by atoms with Crippen LogP contribution in [0.3, 0.4) is 0 Å². The van der Waals surface area contributed by atoms with Gasteiger partial charge in [-0.25, -0.2) is 13.1 Å². The number of nitrogens with zero attached hydrogens (tertiary/aromatic N) is 3. The standard InChI is InChI=1S/C13H21N5O2S/c1-4-18-10-13(5-12(18)8-14-2)21(19,20)16-7-11-6-15-17(3)9-11/h5-6,9-10,14,16H,4,7-8H2,1-3H3. The summed E-state index contributed by atoms with van der Waals surface area (Å²) in [5.74, 6) is 0. The molecule has 2 aromatic rings. The second kappa shape index (κ2) is 6.42. The molecule has 2 rings (SSSR count). The second-order valence-electron chi connectivity index (χ2n) is 4.83. The average molecular weight is 311 g/mol. The van der Waals surface area contributed by atoms with Gasteiger partial charge in [-0.1, -0.05) is 0 Å². The Hall–Kier alpha value is -1.64. The fourth-order valence-electron chi connectivity index (χ4n) is 2.12. The molecule has 0 fully saturated rings. The van der Waals surface area contributed by atoms with Crippen molar-refractivity contribution in [3.8, 4) is 0 Å². The number of hydrogen-bond donors (Lipinski definition) is 2. The lowest BCUT2D eigenvalue weighted by Gasteiger charge is -2.04. The van der Waals surface area contributed by atoms with Crippen LogP contribution in [0.4, 0.5) is 0 Å². The molecule has 0 aliphatic carbocycles. The molecule has 0 spiro atoms. The number of aromatic nitrogens is 3. The van der Waals surface area contributed by atoms with E-state index in [2.05, 4.69) is 15.1 Å². The summed E-state index contributed by atoms with van der Waals surface area (Å²) in [4.78, 5) is 0.290. The maximum atomic E-state index is 12.3. The van der Waals surface area contributed by atoms with Crippen molar-refractivity contribution in [1.29, 1.82) is 0 Å². The Kier molecular flexibility index (Phi) is 4.81. The number of hydrogen-bond acceptors (Lipinski definition) is 4. The zero-order valence-corrected chi connectivity index (χ0v) is 13.3. The van der Waals surface area contributed by atoms with Crippen molar-refractivity contribution in [3.05, 3.63) is 35.9 Å². The molecule has 2 heterocycles. The van der Waals surface area contributed by atoms with Crippen LogP contribution >= 0.6 is 0 Å². The monoisotopic (exact) mass is 311 g/mol. The predicted octanol–water partition coefficient (Wildman–Crippen LogP) is 0.439. The van der Waals surface area contributed by atoms with Crippen molar-refractivity contribution in [2.24, 2.45) is 7.05 Å². The Labute approximate surface area is 125 Å². The molecule has 21 heavy (non-hydrogen) atoms. The molecule has 0 aromatic carbocycles. The van der Waals surface area contributed by atoms with Crippen LogP contribution in [0.5, 0.6) is 0 Å². The largest absolute Gasteiger partial charge is 0.349 e. The van der Waals surface area contributed by atoms with Crippen LogP contribution in [0.2, 0.25) is 0 Å². The van der Waals surface area contributed by atoms with Crippen molar-refractivity contribution in [2.75, 3.05) is 7.05 Å². The molecule has 0 atom stereocenters. The number of sulfonamides is 1. The second-order valence-corrected chi connectivity index (χ2v) is 6.60. The molecular formula is C13H21N5O2S. The van der Waals surface area contributed by atoms with E-state index in [9.17, 15) is 8.42 Å². The predicted molar refractivity (Wildman–Crippen MR) is 80.1 cm³/mol. The van der Waals surface area contributed by atoms with E-state index in [-0.39, 0.29) is 6.54 Å². The fourth-order valence-corrected chi connectivity index (χ4v) is 3.20. The van der Waals surface area contributed by atoms with Gasteiger partial charge in [0.05, 0.1) is 11.1 Å². The van der Waals surface area contributed by atoms with Crippen LogP contribution < -0.4 is 10.0 Å². The number of nitrogens with one attached hydrogen (secondary N) is 2. The highest BCUT2D eigenvalue weighted by Gasteiger charge is 2.17. The third-order valence-corrected chi connectivity index (χ3v) is 4.56. The molecular weight excluding hydrogens is 290 g/mol. The Morgan fingerprint density at radius 1 is 1.29 bits per heavy atom. The quantitative estimate of drug-likeness (QED) is 0.777. The normalized spacial score (nSPS) is 12.0. The molecule has 0 aliphatic rings. The molecule has 2 aromatic heterocycles. The minimum atomic E-state index is -3.51. The Balaban J connectivity index is 2.15. The maximum absolute atomic E-state index is 12.3. The van der Waals surface area contributed by atoms with Gasteiger partial charge >= 0.3 is 0 Å². The Morgan fingerprint density at radius 3 is 2.62 bits per heavy atom. The SMILES string of the molecule is CCn1cc(S(=O)(=O)NCc2cnn(C)c2)cc1CNC. The number of rotatable bonds is 7. The Bertz CT molecular complexity index is 702. The molecule has 0 radical (unpaired) electrons. The van der Waals surface area contributed by atoms with E-state index >= 15 is 0 Å². The maximum Gasteiger partial charge on any atom is 0.242 e. The molecule has 0 bridgehead atoms. The van der Waals surface area contributed by atoms with Crippen molar-refractivity contribution < 1.29 is 8.42 Å². The first-order valence-electron chi connectivity index (χ1n) is 6.77. The van der Waals surface area contributed by atoms with Crippen LogP contribution in [0.25, 0.3) is 0 Å². The topological polar surface area (TPSA) is 81.0 Å². The van der Waals surface area contributed by atoms with Gasteiger partial charge in [-0.05, 0) is 20.0 Å². The van der Waals surface area contributed by atoms with E-state index in [4.69, 9.17) is 0 Å². The van der Waals surface area contributed by atoms with Gasteiger partial charge in [0.15, 0.2) is 0 Å². The van der Waals surface area contributed by atoms with Gasteiger partial charge in [0.25, 0.3) is 0 Å². The fraction of sp³-hybridized carbons (Fsp3) is 0.462. The van der Waals surface area contributed by atoms with Gasteiger partial charge in [0.1, 0.15) is 0 Å². The van der Waals surface area contributed by atoms with E-state index in [0.717, 1.165) is 17.8 Å². The van der Waals surface area contributed by atoms with Crippen LogP contribution in [0, 0.1) is 0 Å². The minimum absolute atomic E-state index is 0.231. The van der Waals surface area contributed by atoms with Gasteiger partial charge in [-0.3, -0.25) is 4.68 Å². The summed E-state index contributed by atoms with van der Waals surface area (Å²) in [6, 6.07) is 1.70. The van der Waals surface area contributed by atoms with Gasteiger partial charge in [0, 0.05) is 50.3 Å². The first-order valence-corrected chi connectivity index (χ1v) is 8.25. The highest BCUT2D eigenvalue weighted by atomic mass is 32.2. The first kappa shape index (κ1) is 15.7. The molecule has 0 saturated carbocycles. The lowest BCUT2D eigenvalue weighted by molar-refractivity contribution is 0.581. The van der Waals surface area contributed by atoms with E-state index in [1.807, 2.05) is 18.5 Å². The van der Waals surface area contributed by atoms with Gasteiger partial charge in [0.2, 0.25) is 10.0 Å². The summed E-state index contributed by atoms with van der Waals surface area (Å²) < 4.78 is 30.8. The Morgan fingerprint density at radius 2 is 2.05 bits per heavy atom. The summed E-state index contributed by atoms with van der Waals surface area (Å²) in [5.41, 5.74) is 1.77. The number of aryl methyl sites for hydroxylation is 2. The highest BCUT2D eigenvalue weighted by molar-refractivity contribution is 7.89. The summed E-state index contributed by atoms with van der Waals surface area (Å²) in [7, 11) is 0.115. The smallest absolute Gasteiger partial charge is 0.242 e. The van der Waals surface area contributed by atoms with Gasteiger partial charge in [-0.15, -0.1) is 0 Å². The van der Waals surface area contributed by atoms with E-state index in [1.165, 1.54) is 0 Å². The molecule has 7 nitrogen and oxygen atoms in total. The third-order valence-electron chi connectivity index (χ3n) is 3.19. The van der Waals surface area contributed by atoms with Gasteiger partial charge < -0.3 is 9.88 Å². The van der Waals surface area contributed by atoms with Crippen molar-refractivity contribution in [3.63, 3.8) is 0 Å². The zero-order valence-electron chi connectivity index (χ0n) is 12.5. The molecule has 2 N–H and O–H groups in total. The first-order chi connectivity index (χ1) is 9.96. The van der Waals surface area contributed by atoms with E-state index in [1.54, 1.807) is 36.4 Å². The van der Waals surface area contributed by atoms with Crippen LogP contribution in [-0.2, 0) is 36.7 Å². The molecule has 8 heteroatoms. The van der Waals surface area contributed by atoms with E-state index in [0.29, 0.717) is 11.4 Å². The highest BCUT2D eigenvalue weighted by Crippen LogP contribution is 2.15. The summed E-state index contributed by atoms with van der Waals surface area (Å²) in [6.45, 7) is 3.58. The van der Waals surface area contributed by atoms with Gasteiger partial charge in [-0.2, -0.15) is 5.10 Å². The molecule has 116 valence electrons. The van der Waals surface area contributed by atoms with Crippen LogP contribution in [0.1, 0.15) is 18.2 Å². The average Bonchev–Trinajstić information content (AvgIpc) is 3.04. The summed E-state index contributed by atoms with van der Waals surface area (Å²) in [6.07, 6.45) is 5.09. The van der Waals surface area contributed by atoms with Crippen LogP contribution in [-0.4, -0.2) is 29.8 Å². The molecule has 0 unspecified atom stereocenters. The molecule has 0 amide bonds. The summed E-state index contributed by atoms with van der Waals surface area (Å²) in [5, 5.41) is 7.05. The third kappa shape index (κ3) is 3.72. The molecule has 0 aliphatic heterocycles. The molecule has 0 saturated heterocycles. The zero-order chi connectivity index (χ0) is 15.5. The van der Waals surface area contributed by atoms with Crippen molar-refractivity contribution in [1.82, 2.24) is 24.4 Å².